The Kier molecular flexibility index (Phi) is 12.1. The Morgan fingerprint density at radius 3 is 2.20 bits per heavy atom. The number of carbonyl (C=O) groups is 1. The highest BCUT2D eigenvalue weighted by atomic mass is 16.3. The molecular weight excluding hydrogens is 380 g/mol. The summed E-state index contributed by atoms with van der Waals surface area (Å²) < 4.78 is 2.94. The monoisotopic (exact) mass is 424 g/mol. The number of ketones is 1. The van der Waals surface area contributed by atoms with Gasteiger partial charge >= 0.3 is 5.69 Å². The van der Waals surface area contributed by atoms with Gasteiger partial charge in [-0.05, 0) is 46.0 Å². The summed E-state index contributed by atoms with van der Waals surface area (Å²) >= 11 is 0. The second kappa shape index (κ2) is 13.7. The zero-order valence-electron chi connectivity index (χ0n) is 19.7. The lowest BCUT2D eigenvalue weighted by atomic mass is 9.94. The predicted molar refractivity (Wildman–Crippen MR) is 122 cm³/mol. The minimum absolute atomic E-state index is 0.0454. The van der Waals surface area contributed by atoms with Gasteiger partial charge in [0.05, 0.1) is 11.3 Å². The molecule has 0 saturated carbocycles. The highest BCUT2D eigenvalue weighted by molar-refractivity contribution is 5.75. The van der Waals surface area contributed by atoms with Crippen molar-refractivity contribution in [3.8, 4) is 5.88 Å². The summed E-state index contributed by atoms with van der Waals surface area (Å²) in [7, 11) is 1.59. The van der Waals surface area contributed by atoms with Crippen LogP contribution in [0.4, 0.5) is 0 Å². The third-order valence-electron chi connectivity index (χ3n) is 6.05. The SMILES string of the molecule is CCCCCCC(C)(O)CCn1c(CCCCCCCCC(C)=O)c(O)n(C)c1=O. The zero-order valence-corrected chi connectivity index (χ0v) is 19.7. The summed E-state index contributed by atoms with van der Waals surface area (Å²) in [6.45, 7) is 6.08. The number of aromatic nitrogens is 2. The minimum Gasteiger partial charge on any atom is -0.493 e. The first-order valence-corrected chi connectivity index (χ1v) is 11.9. The van der Waals surface area contributed by atoms with E-state index in [0.29, 0.717) is 31.5 Å². The van der Waals surface area contributed by atoms with Crippen molar-refractivity contribution in [2.24, 2.45) is 7.05 Å². The predicted octanol–water partition coefficient (Wildman–Crippen LogP) is 4.87. The van der Waals surface area contributed by atoms with Crippen LogP contribution in [-0.2, 0) is 24.8 Å². The van der Waals surface area contributed by atoms with Gasteiger partial charge in [0.1, 0.15) is 5.78 Å². The molecule has 1 aromatic heterocycles. The van der Waals surface area contributed by atoms with Gasteiger partial charge in [-0.25, -0.2) is 4.79 Å². The number of hydrogen-bond donors (Lipinski definition) is 2. The van der Waals surface area contributed by atoms with Gasteiger partial charge in [0, 0.05) is 20.0 Å². The van der Waals surface area contributed by atoms with Crippen LogP contribution in [0, 0.1) is 0 Å². The number of rotatable bonds is 17. The van der Waals surface area contributed by atoms with E-state index in [9.17, 15) is 19.8 Å². The Morgan fingerprint density at radius 1 is 0.967 bits per heavy atom. The number of imidazole rings is 1. The summed E-state index contributed by atoms with van der Waals surface area (Å²) in [6.07, 6.45) is 13.3. The number of carbonyl (C=O) groups excluding carboxylic acids is 1. The number of nitrogens with zero attached hydrogens (tertiary/aromatic N) is 2. The van der Waals surface area contributed by atoms with Gasteiger partial charge in [-0.2, -0.15) is 0 Å². The van der Waals surface area contributed by atoms with Crippen LogP contribution >= 0.6 is 0 Å². The van der Waals surface area contributed by atoms with Crippen molar-refractivity contribution >= 4 is 5.78 Å². The lowest BCUT2D eigenvalue weighted by molar-refractivity contribution is -0.117. The molecule has 0 aliphatic rings. The van der Waals surface area contributed by atoms with Crippen molar-refractivity contribution in [1.82, 2.24) is 9.13 Å². The summed E-state index contributed by atoms with van der Waals surface area (Å²) in [5.41, 5.74) is -0.329. The molecule has 0 bridgehead atoms. The van der Waals surface area contributed by atoms with E-state index < -0.39 is 5.60 Å². The van der Waals surface area contributed by atoms with Gasteiger partial charge in [0.15, 0.2) is 0 Å². The number of aromatic hydroxyl groups is 1. The fourth-order valence-corrected chi connectivity index (χ4v) is 3.96. The van der Waals surface area contributed by atoms with Crippen LogP contribution in [0.15, 0.2) is 4.79 Å². The van der Waals surface area contributed by atoms with Crippen LogP contribution in [0.1, 0.15) is 110 Å². The summed E-state index contributed by atoms with van der Waals surface area (Å²) in [4.78, 5) is 23.5. The average Bonchev–Trinajstić information content (AvgIpc) is 2.89. The molecule has 174 valence electrons. The zero-order chi connectivity index (χ0) is 22.6. The van der Waals surface area contributed by atoms with Crippen molar-refractivity contribution in [2.75, 3.05) is 0 Å². The molecule has 0 amide bonds. The van der Waals surface area contributed by atoms with Crippen molar-refractivity contribution in [1.29, 1.82) is 0 Å². The molecular formula is C24H44N2O4. The third-order valence-corrected chi connectivity index (χ3v) is 6.05. The van der Waals surface area contributed by atoms with E-state index in [2.05, 4.69) is 6.92 Å². The van der Waals surface area contributed by atoms with Crippen LogP contribution in [-0.4, -0.2) is 30.7 Å². The molecule has 2 N–H and O–H groups in total. The molecule has 1 atom stereocenters. The molecule has 1 aromatic rings. The molecule has 0 spiro atoms. The quantitative estimate of drug-likeness (QED) is 0.350. The van der Waals surface area contributed by atoms with Crippen molar-refractivity contribution in [2.45, 2.75) is 123 Å². The Hall–Kier alpha value is -1.56. The molecule has 6 heteroatoms. The molecule has 1 heterocycles. The largest absolute Gasteiger partial charge is 0.493 e. The van der Waals surface area contributed by atoms with E-state index in [1.54, 1.807) is 18.5 Å². The lowest BCUT2D eigenvalue weighted by Crippen LogP contribution is -2.30. The molecule has 0 aliphatic heterocycles. The van der Waals surface area contributed by atoms with Gasteiger partial charge in [0.2, 0.25) is 5.88 Å². The smallest absolute Gasteiger partial charge is 0.331 e. The topological polar surface area (TPSA) is 84.5 Å². The second-order valence-corrected chi connectivity index (χ2v) is 9.14. The Balaban J connectivity index is 2.52. The van der Waals surface area contributed by atoms with E-state index in [1.165, 1.54) is 17.4 Å². The van der Waals surface area contributed by atoms with E-state index in [4.69, 9.17) is 0 Å². The number of unbranched alkanes of at least 4 members (excludes halogenated alkanes) is 8. The summed E-state index contributed by atoms with van der Waals surface area (Å²) in [5, 5.41) is 21.1. The van der Waals surface area contributed by atoms with E-state index in [0.717, 1.165) is 57.8 Å². The van der Waals surface area contributed by atoms with Gasteiger partial charge < -0.3 is 15.0 Å². The van der Waals surface area contributed by atoms with Crippen LogP contribution in [0.5, 0.6) is 5.88 Å². The fourth-order valence-electron chi connectivity index (χ4n) is 3.96. The van der Waals surface area contributed by atoms with Crippen molar-refractivity contribution in [3.05, 3.63) is 16.2 Å². The maximum absolute atomic E-state index is 12.5. The average molecular weight is 425 g/mol. The maximum Gasteiger partial charge on any atom is 0.331 e. The maximum atomic E-state index is 12.5. The summed E-state index contributed by atoms with van der Waals surface area (Å²) in [5.74, 6) is 0.302. The van der Waals surface area contributed by atoms with Crippen LogP contribution in [0.25, 0.3) is 0 Å². The molecule has 0 aromatic carbocycles. The normalized spacial score (nSPS) is 13.5. The lowest BCUT2D eigenvalue weighted by Gasteiger charge is -2.23. The Bertz CT molecular complexity index is 688. The molecule has 6 nitrogen and oxygen atoms in total. The van der Waals surface area contributed by atoms with Gasteiger partial charge in [-0.1, -0.05) is 58.3 Å². The second-order valence-electron chi connectivity index (χ2n) is 9.14. The van der Waals surface area contributed by atoms with Crippen molar-refractivity contribution in [3.63, 3.8) is 0 Å². The molecule has 0 fully saturated rings. The van der Waals surface area contributed by atoms with Gasteiger partial charge in [-0.3, -0.25) is 9.13 Å². The number of aliphatic hydroxyl groups is 1. The first kappa shape index (κ1) is 26.5. The highest BCUT2D eigenvalue weighted by Gasteiger charge is 2.23. The first-order chi connectivity index (χ1) is 14.2. The molecule has 1 rings (SSSR count). The standard InChI is InChI=1S/C24H44N2O4/c1-5-6-7-14-17-24(3,30)18-19-26-21(22(28)25(4)23(26)29)16-13-11-9-8-10-12-15-20(2)27/h28,30H,5-19H2,1-4H3. The highest BCUT2D eigenvalue weighted by Crippen LogP contribution is 2.23. The Morgan fingerprint density at radius 2 is 1.57 bits per heavy atom. The van der Waals surface area contributed by atoms with Gasteiger partial charge in [-0.15, -0.1) is 0 Å². The number of Topliss-reactive ketones (excluding diaryl/α,β-unsaturated/α-hetero) is 1. The molecule has 30 heavy (non-hydrogen) atoms. The number of hydrogen-bond acceptors (Lipinski definition) is 4. The first-order valence-electron chi connectivity index (χ1n) is 11.9. The van der Waals surface area contributed by atoms with Crippen molar-refractivity contribution < 1.29 is 15.0 Å². The third kappa shape index (κ3) is 9.50. The molecule has 1 unspecified atom stereocenters. The minimum atomic E-state index is -0.796. The summed E-state index contributed by atoms with van der Waals surface area (Å²) in [6, 6.07) is 0. The van der Waals surface area contributed by atoms with Gasteiger partial charge in [0.25, 0.3) is 0 Å². The van der Waals surface area contributed by atoms with Crippen LogP contribution < -0.4 is 5.69 Å². The Labute approximate surface area is 182 Å². The van der Waals surface area contributed by atoms with E-state index >= 15 is 0 Å². The van der Waals surface area contributed by atoms with E-state index in [-0.39, 0.29) is 17.4 Å². The van der Waals surface area contributed by atoms with Crippen LogP contribution in [0.2, 0.25) is 0 Å². The van der Waals surface area contributed by atoms with Crippen LogP contribution in [0.3, 0.4) is 0 Å². The fraction of sp³-hybridized carbons (Fsp3) is 0.833. The molecule has 0 saturated heterocycles. The van der Waals surface area contributed by atoms with E-state index in [1.807, 2.05) is 6.92 Å². The molecule has 0 radical (unpaired) electrons. The molecule has 0 aliphatic carbocycles.